The molecule has 2 N–H and O–H groups in total. The van der Waals surface area contributed by atoms with Gasteiger partial charge in [-0.2, -0.15) is 0 Å². The Morgan fingerprint density at radius 1 is 1.17 bits per heavy atom. The molecule has 1 aliphatic heterocycles. The Labute approximate surface area is 175 Å². The van der Waals surface area contributed by atoms with Gasteiger partial charge in [0, 0.05) is 52.1 Å². The Morgan fingerprint density at radius 3 is 2.52 bits per heavy atom. The average molecular weight is 403 g/mol. The van der Waals surface area contributed by atoms with Gasteiger partial charge in [-0.1, -0.05) is 12.1 Å². The molecule has 2 fully saturated rings. The van der Waals surface area contributed by atoms with Crippen LogP contribution in [0.2, 0.25) is 0 Å². The Bertz CT molecular complexity index is 622. The van der Waals surface area contributed by atoms with Crippen molar-refractivity contribution in [1.29, 1.82) is 0 Å². The van der Waals surface area contributed by atoms with Crippen molar-refractivity contribution in [3.8, 4) is 0 Å². The van der Waals surface area contributed by atoms with Gasteiger partial charge in [0.25, 0.3) is 0 Å². The first kappa shape index (κ1) is 21.9. The summed E-state index contributed by atoms with van der Waals surface area (Å²) in [6.45, 7) is 8.51. The Balaban J connectivity index is 1.47. The summed E-state index contributed by atoms with van der Waals surface area (Å²) in [5, 5.41) is 12.7. The van der Waals surface area contributed by atoms with E-state index in [9.17, 15) is 5.11 Å². The maximum Gasteiger partial charge on any atom is 0.194 e. The van der Waals surface area contributed by atoms with Gasteiger partial charge in [-0.15, -0.1) is 0 Å². The van der Waals surface area contributed by atoms with Crippen molar-refractivity contribution in [2.24, 2.45) is 16.8 Å². The zero-order valence-electron chi connectivity index (χ0n) is 18.1. The SMILES string of the molecule is CCNC(=NCc1ccc(N2CCC(CO)CC2)cc1)N(C)CCOCC1CC1. The fraction of sp³-hybridized carbons (Fsp3) is 0.696. The number of aliphatic imine (C=N–C) groups is 1. The monoisotopic (exact) mass is 402 g/mol. The lowest BCUT2D eigenvalue weighted by Crippen LogP contribution is -2.40. The van der Waals surface area contributed by atoms with E-state index < -0.39 is 0 Å². The predicted molar refractivity (Wildman–Crippen MR) is 119 cm³/mol. The molecule has 0 atom stereocenters. The number of hydrogen-bond donors (Lipinski definition) is 2. The summed E-state index contributed by atoms with van der Waals surface area (Å²) in [5.41, 5.74) is 2.48. The number of ether oxygens (including phenoxy) is 1. The van der Waals surface area contributed by atoms with E-state index in [4.69, 9.17) is 9.73 Å². The minimum Gasteiger partial charge on any atom is -0.396 e. The normalized spacial score (nSPS) is 18.2. The first-order valence-corrected chi connectivity index (χ1v) is 11.2. The van der Waals surface area contributed by atoms with Crippen molar-refractivity contribution in [3.05, 3.63) is 29.8 Å². The smallest absolute Gasteiger partial charge is 0.194 e. The molecule has 1 saturated carbocycles. The third-order valence-electron chi connectivity index (χ3n) is 5.90. The fourth-order valence-corrected chi connectivity index (χ4v) is 3.66. The molecule has 1 saturated heterocycles. The van der Waals surface area contributed by atoms with E-state index >= 15 is 0 Å². The highest BCUT2D eigenvalue weighted by molar-refractivity contribution is 5.79. The molecule has 1 aliphatic carbocycles. The van der Waals surface area contributed by atoms with Crippen molar-refractivity contribution in [2.75, 3.05) is 57.9 Å². The van der Waals surface area contributed by atoms with Gasteiger partial charge in [0.05, 0.1) is 13.2 Å². The minimum atomic E-state index is 0.319. The van der Waals surface area contributed by atoms with Crippen LogP contribution in [-0.4, -0.2) is 69.0 Å². The summed E-state index contributed by atoms with van der Waals surface area (Å²) in [6.07, 6.45) is 4.82. The van der Waals surface area contributed by atoms with Crippen LogP contribution in [0.5, 0.6) is 0 Å². The summed E-state index contributed by atoms with van der Waals surface area (Å²) >= 11 is 0. The zero-order chi connectivity index (χ0) is 20.5. The largest absolute Gasteiger partial charge is 0.396 e. The predicted octanol–water partition coefficient (Wildman–Crippen LogP) is 2.72. The molecular weight excluding hydrogens is 364 g/mol. The number of nitrogens with one attached hydrogen (secondary N) is 1. The number of likely N-dealkylation sites (N-methyl/N-ethyl adjacent to an activating group) is 1. The number of piperidine rings is 1. The molecule has 29 heavy (non-hydrogen) atoms. The van der Waals surface area contributed by atoms with Crippen LogP contribution in [0.25, 0.3) is 0 Å². The van der Waals surface area contributed by atoms with Gasteiger partial charge in [-0.25, -0.2) is 4.99 Å². The molecule has 1 aromatic rings. The summed E-state index contributed by atoms with van der Waals surface area (Å²) in [7, 11) is 2.07. The van der Waals surface area contributed by atoms with E-state index in [0.29, 0.717) is 19.1 Å². The van der Waals surface area contributed by atoms with Gasteiger partial charge in [0.2, 0.25) is 0 Å². The topological polar surface area (TPSA) is 60.3 Å². The average Bonchev–Trinajstić information content (AvgIpc) is 3.59. The molecule has 1 heterocycles. The third-order valence-corrected chi connectivity index (χ3v) is 5.90. The lowest BCUT2D eigenvalue weighted by atomic mass is 9.97. The lowest BCUT2D eigenvalue weighted by molar-refractivity contribution is 0.115. The Hall–Kier alpha value is -1.79. The van der Waals surface area contributed by atoms with E-state index in [2.05, 4.69) is 53.4 Å². The summed E-state index contributed by atoms with van der Waals surface area (Å²) in [5.74, 6) is 2.21. The highest BCUT2D eigenvalue weighted by Gasteiger charge is 2.21. The number of benzene rings is 1. The van der Waals surface area contributed by atoms with E-state index in [1.54, 1.807) is 0 Å². The highest BCUT2D eigenvalue weighted by Crippen LogP contribution is 2.28. The summed E-state index contributed by atoms with van der Waals surface area (Å²) < 4.78 is 5.76. The van der Waals surface area contributed by atoms with Gasteiger partial charge < -0.3 is 25.0 Å². The van der Waals surface area contributed by atoms with E-state index in [1.165, 1.54) is 24.1 Å². The van der Waals surface area contributed by atoms with Crippen molar-refractivity contribution < 1.29 is 9.84 Å². The summed E-state index contributed by atoms with van der Waals surface area (Å²) in [6, 6.07) is 8.76. The molecule has 1 aromatic carbocycles. The van der Waals surface area contributed by atoms with Crippen LogP contribution >= 0.6 is 0 Å². The molecular formula is C23H38N4O2. The number of anilines is 1. The number of rotatable bonds is 10. The molecule has 0 radical (unpaired) electrons. The number of nitrogens with zero attached hydrogens (tertiary/aromatic N) is 3. The molecule has 6 heteroatoms. The van der Waals surface area contributed by atoms with Crippen molar-refractivity contribution >= 4 is 11.6 Å². The molecule has 6 nitrogen and oxygen atoms in total. The number of hydrogen-bond acceptors (Lipinski definition) is 4. The zero-order valence-corrected chi connectivity index (χ0v) is 18.1. The van der Waals surface area contributed by atoms with Crippen LogP contribution in [0.1, 0.15) is 38.2 Å². The van der Waals surface area contributed by atoms with Gasteiger partial charge >= 0.3 is 0 Å². The minimum absolute atomic E-state index is 0.319. The second-order valence-corrected chi connectivity index (χ2v) is 8.39. The quantitative estimate of drug-likeness (QED) is 0.358. The molecule has 0 aromatic heterocycles. The van der Waals surface area contributed by atoms with E-state index in [-0.39, 0.29) is 0 Å². The highest BCUT2D eigenvalue weighted by atomic mass is 16.5. The van der Waals surface area contributed by atoms with Crippen LogP contribution in [-0.2, 0) is 11.3 Å². The van der Waals surface area contributed by atoms with Gasteiger partial charge in [0.15, 0.2) is 5.96 Å². The molecule has 162 valence electrons. The van der Waals surface area contributed by atoms with Crippen LogP contribution < -0.4 is 10.2 Å². The molecule has 0 spiro atoms. The first-order valence-electron chi connectivity index (χ1n) is 11.2. The van der Waals surface area contributed by atoms with Crippen LogP contribution in [0.15, 0.2) is 29.3 Å². The molecule has 2 aliphatic rings. The molecule has 0 bridgehead atoms. The van der Waals surface area contributed by atoms with Gasteiger partial charge in [-0.05, 0) is 62.1 Å². The van der Waals surface area contributed by atoms with Crippen LogP contribution in [0.3, 0.4) is 0 Å². The van der Waals surface area contributed by atoms with Crippen molar-refractivity contribution in [1.82, 2.24) is 10.2 Å². The van der Waals surface area contributed by atoms with Crippen LogP contribution in [0.4, 0.5) is 5.69 Å². The number of aliphatic hydroxyl groups excluding tert-OH is 1. The Morgan fingerprint density at radius 2 is 1.90 bits per heavy atom. The van der Waals surface area contributed by atoms with Crippen LogP contribution in [0, 0.1) is 11.8 Å². The van der Waals surface area contributed by atoms with Gasteiger partial charge in [0.1, 0.15) is 0 Å². The number of aliphatic hydroxyl groups is 1. The fourth-order valence-electron chi connectivity index (χ4n) is 3.66. The second-order valence-electron chi connectivity index (χ2n) is 8.39. The van der Waals surface area contributed by atoms with E-state index in [0.717, 1.165) is 64.1 Å². The molecule has 0 unspecified atom stereocenters. The maximum atomic E-state index is 9.30. The Kier molecular flexibility index (Phi) is 8.62. The number of guanidine groups is 1. The van der Waals surface area contributed by atoms with Crippen molar-refractivity contribution in [3.63, 3.8) is 0 Å². The lowest BCUT2D eigenvalue weighted by Gasteiger charge is -2.32. The second kappa shape index (κ2) is 11.4. The summed E-state index contributed by atoms with van der Waals surface area (Å²) in [4.78, 5) is 9.37. The standard InChI is InChI=1S/C23H38N4O2/c1-3-24-23(26(2)14-15-29-18-21-4-5-21)25-16-19-6-8-22(9-7-19)27-12-10-20(17-28)11-13-27/h6-9,20-21,28H,3-5,10-18H2,1-2H3,(H,24,25). The molecule has 3 rings (SSSR count). The molecule has 0 amide bonds. The maximum absolute atomic E-state index is 9.30. The first-order chi connectivity index (χ1) is 14.2. The van der Waals surface area contributed by atoms with E-state index in [1.807, 2.05) is 0 Å². The van der Waals surface area contributed by atoms with Gasteiger partial charge in [-0.3, -0.25) is 0 Å². The van der Waals surface area contributed by atoms with Crippen molar-refractivity contribution in [2.45, 2.75) is 39.2 Å². The third kappa shape index (κ3) is 7.19.